The van der Waals surface area contributed by atoms with E-state index in [1.54, 1.807) is 49.5 Å². The van der Waals surface area contributed by atoms with Crippen molar-refractivity contribution in [1.29, 1.82) is 0 Å². The quantitative estimate of drug-likeness (QED) is 0.277. The second kappa shape index (κ2) is 8.90. The number of carbonyl (C=O) groups is 1. The average Bonchev–Trinajstić information content (AvgIpc) is 3.52. The van der Waals surface area contributed by atoms with Gasteiger partial charge in [0.1, 0.15) is 17.3 Å². The molecular formula is C27H19F2N7O. The summed E-state index contributed by atoms with van der Waals surface area (Å²) >= 11 is 0. The van der Waals surface area contributed by atoms with Gasteiger partial charge in [0.25, 0.3) is 0 Å². The summed E-state index contributed by atoms with van der Waals surface area (Å²) < 4.78 is 29.6. The molecular weight excluding hydrogens is 476 g/mol. The van der Waals surface area contributed by atoms with Gasteiger partial charge in [0.2, 0.25) is 5.91 Å². The van der Waals surface area contributed by atoms with Gasteiger partial charge < -0.3 is 10.3 Å². The number of halogens is 2. The van der Waals surface area contributed by atoms with E-state index in [1.165, 1.54) is 24.5 Å². The molecule has 182 valence electrons. The Bertz CT molecular complexity index is 1810. The van der Waals surface area contributed by atoms with Crippen molar-refractivity contribution in [2.24, 2.45) is 0 Å². The van der Waals surface area contributed by atoms with Crippen molar-refractivity contribution in [2.45, 2.75) is 13.3 Å². The molecule has 0 saturated heterocycles. The summed E-state index contributed by atoms with van der Waals surface area (Å²) in [7, 11) is 0. The summed E-state index contributed by atoms with van der Waals surface area (Å²) in [5, 5.41) is 10.6. The van der Waals surface area contributed by atoms with Crippen LogP contribution in [0.15, 0.2) is 67.1 Å². The summed E-state index contributed by atoms with van der Waals surface area (Å²) in [5.41, 5.74) is 4.18. The van der Waals surface area contributed by atoms with Gasteiger partial charge in [-0.25, -0.2) is 18.7 Å². The number of carbonyl (C=O) groups excluding carboxylic acids is 1. The van der Waals surface area contributed by atoms with E-state index in [0.717, 1.165) is 0 Å². The number of aromatic nitrogens is 6. The lowest BCUT2D eigenvalue weighted by atomic mass is 10.0. The van der Waals surface area contributed by atoms with E-state index in [1.807, 2.05) is 0 Å². The van der Waals surface area contributed by atoms with Gasteiger partial charge in [-0.1, -0.05) is 25.1 Å². The Morgan fingerprint density at radius 1 is 1.00 bits per heavy atom. The van der Waals surface area contributed by atoms with Crippen LogP contribution in [0, 0.1) is 11.6 Å². The van der Waals surface area contributed by atoms with E-state index in [9.17, 15) is 9.18 Å². The molecule has 8 nitrogen and oxygen atoms in total. The van der Waals surface area contributed by atoms with Crippen LogP contribution in [0.1, 0.15) is 13.3 Å². The van der Waals surface area contributed by atoms with Crippen molar-refractivity contribution in [3.63, 3.8) is 0 Å². The molecule has 0 atom stereocenters. The highest BCUT2D eigenvalue weighted by molar-refractivity contribution is 5.98. The van der Waals surface area contributed by atoms with Crippen molar-refractivity contribution in [3.8, 4) is 33.8 Å². The maximum Gasteiger partial charge on any atom is 0.224 e. The summed E-state index contributed by atoms with van der Waals surface area (Å²) in [4.78, 5) is 28.1. The number of aromatic amines is 2. The van der Waals surface area contributed by atoms with Crippen molar-refractivity contribution in [3.05, 3.63) is 78.8 Å². The first-order valence-electron chi connectivity index (χ1n) is 11.5. The predicted octanol–water partition coefficient (Wildman–Crippen LogP) is 5.86. The lowest BCUT2D eigenvalue weighted by Gasteiger charge is -2.08. The SMILES string of the molecule is CCC(=O)Nc1cncc(-c2cc3c(-c4nc5nccc(-c6ccccc6F)c5[nH]4)n[nH]c3cc2F)c1. The molecule has 2 aromatic carbocycles. The first kappa shape index (κ1) is 22.5. The van der Waals surface area contributed by atoms with Crippen LogP contribution in [0.5, 0.6) is 0 Å². The molecule has 0 fully saturated rings. The predicted molar refractivity (Wildman–Crippen MR) is 136 cm³/mol. The molecule has 6 rings (SSSR count). The Morgan fingerprint density at radius 3 is 2.70 bits per heavy atom. The molecule has 0 radical (unpaired) electrons. The number of pyridine rings is 2. The van der Waals surface area contributed by atoms with Crippen LogP contribution < -0.4 is 5.32 Å². The number of fused-ring (bicyclic) bond motifs is 2. The van der Waals surface area contributed by atoms with Gasteiger partial charge in [0, 0.05) is 52.5 Å². The van der Waals surface area contributed by atoms with Gasteiger partial charge in [0.15, 0.2) is 11.5 Å². The molecule has 3 N–H and O–H groups in total. The van der Waals surface area contributed by atoms with E-state index in [0.29, 0.717) is 62.4 Å². The third kappa shape index (κ3) is 3.98. The third-order valence-electron chi connectivity index (χ3n) is 6.09. The fourth-order valence-electron chi connectivity index (χ4n) is 4.27. The smallest absolute Gasteiger partial charge is 0.224 e. The first-order valence-corrected chi connectivity index (χ1v) is 11.5. The number of benzene rings is 2. The largest absolute Gasteiger partial charge is 0.335 e. The summed E-state index contributed by atoms with van der Waals surface area (Å²) in [5.74, 6) is -0.601. The van der Waals surface area contributed by atoms with Crippen LogP contribution in [0.25, 0.3) is 55.8 Å². The number of nitrogens with zero attached hydrogens (tertiary/aromatic N) is 4. The fourth-order valence-corrected chi connectivity index (χ4v) is 4.27. The number of imidazole rings is 1. The van der Waals surface area contributed by atoms with E-state index < -0.39 is 5.82 Å². The molecule has 1 amide bonds. The lowest BCUT2D eigenvalue weighted by molar-refractivity contribution is -0.115. The number of amides is 1. The van der Waals surface area contributed by atoms with Crippen LogP contribution in [0.2, 0.25) is 0 Å². The number of anilines is 1. The molecule has 4 heterocycles. The van der Waals surface area contributed by atoms with Crippen LogP contribution >= 0.6 is 0 Å². The molecule has 0 unspecified atom stereocenters. The van der Waals surface area contributed by atoms with Gasteiger partial charge in [-0.15, -0.1) is 0 Å². The Hall–Kier alpha value is -4.99. The van der Waals surface area contributed by atoms with Gasteiger partial charge in [-0.3, -0.25) is 14.9 Å². The minimum atomic E-state index is -0.475. The Labute approximate surface area is 208 Å². The first-order chi connectivity index (χ1) is 18.0. The standard InChI is InChI=1S/C27H19F2N7O/c1-2-23(37)32-15-9-14(12-30-13-15)18-10-19-22(11-21(18)29)35-36-25(19)27-33-24-17(7-8-31-26(24)34-27)16-5-3-4-6-20(16)28/h3-13H,2H2,1H3,(H,32,37)(H,35,36)(H,31,33,34). The number of nitrogens with one attached hydrogen (secondary N) is 3. The molecule has 0 aliphatic carbocycles. The lowest BCUT2D eigenvalue weighted by Crippen LogP contribution is -2.09. The van der Waals surface area contributed by atoms with E-state index in [4.69, 9.17) is 0 Å². The van der Waals surface area contributed by atoms with Crippen LogP contribution in [0.3, 0.4) is 0 Å². The number of H-pyrrole nitrogens is 2. The van der Waals surface area contributed by atoms with Crippen LogP contribution in [-0.4, -0.2) is 36.0 Å². The molecule has 0 aliphatic rings. The normalized spacial score (nSPS) is 11.3. The highest BCUT2D eigenvalue weighted by Gasteiger charge is 2.19. The van der Waals surface area contributed by atoms with Crippen molar-refractivity contribution in [1.82, 2.24) is 30.1 Å². The highest BCUT2D eigenvalue weighted by Crippen LogP contribution is 2.34. The second-order valence-electron chi connectivity index (χ2n) is 8.44. The number of hydrogen-bond acceptors (Lipinski definition) is 5. The van der Waals surface area contributed by atoms with Gasteiger partial charge in [-0.05, 0) is 24.3 Å². The van der Waals surface area contributed by atoms with Crippen LogP contribution in [-0.2, 0) is 4.79 Å². The minimum absolute atomic E-state index is 0.166. The third-order valence-corrected chi connectivity index (χ3v) is 6.09. The van der Waals surface area contributed by atoms with Gasteiger partial charge >= 0.3 is 0 Å². The molecule has 0 aliphatic heterocycles. The van der Waals surface area contributed by atoms with Crippen molar-refractivity contribution >= 4 is 33.7 Å². The Balaban J connectivity index is 1.47. The van der Waals surface area contributed by atoms with Crippen molar-refractivity contribution in [2.75, 3.05) is 5.32 Å². The molecule has 6 aromatic rings. The molecule has 0 saturated carbocycles. The van der Waals surface area contributed by atoms with Gasteiger partial charge in [0.05, 0.1) is 22.9 Å². The maximum absolute atomic E-state index is 15.1. The summed E-state index contributed by atoms with van der Waals surface area (Å²) in [6.45, 7) is 1.74. The monoisotopic (exact) mass is 495 g/mol. The topological polar surface area (TPSA) is 112 Å². The molecule has 0 spiro atoms. The van der Waals surface area contributed by atoms with E-state index >= 15 is 4.39 Å². The zero-order chi connectivity index (χ0) is 25.5. The van der Waals surface area contributed by atoms with E-state index in [2.05, 4.69) is 35.5 Å². The fraction of sp³-hybridized carbons (Fsp3) is 0.0741. The van der Waals surface area contributed by atoms with Crippen molar-refractivity contribution < 1.29 is 13.6 Å². The zero-order valence-electron chi connectivity index (χ0n) is 19.5. The molecule has 4 aromatic heterocycles. The van der Waals surface area contributed by atoms with E-state index in [-0.39, 0.29) is 17.3 Å². The second-order valence-corrected chi connectivity index (χ2v) is 8.44. The average molecular weight is 495 g/mol. The summed E-state index contributed by atoms with van der Waals surface area (Å²) in [6.07, 6.45) is 4.92. The minimum Gasteiger partial charge on any atom is -0.335 e. The Kier molecular flexibility index (Phi) is 5.41. The zero-order valence-corrected chi connectivity index (χ0v) is 19.5. The number of hydrogen-bond donors (Lipinski definition) is 3. The maximum atomic E-state index is 15.1. The molecule has 10 heteroatoms. The summed E-state index contributed by atoms with van der Waals surface area (Å²) in [6, 6.07) is 12.9. The molecule has 0 bridgehead atoms. The highest BCUT2D eigenvalue weighted by atomic mass is 19.1. The molecule has 37 heavy (non-hydrogen) atoms. The number of rotatable bonds is 5. The van der Waals surface area contributed by atoms with Crippen LogP contribution in [0.4, 0.5) is 14.5 Å². The van der Waals surface area contributed by atoms with Gasteiger partial charge in [-0.2, -0.15) is 5.10 Å². The Morgan fingerprint density at radius 2 is 1.86 bits per heavy atom.